The molecule has 0 aromatic heterocycles. The molecule has 1 atom stereocenters. The van der Waals surface area contributed by atoms with Gasteiger partial charge in [-0.3, -0.25) is 0 Å². The normalized spacial score (nSPS) is 15.9. The van der Waals surface area contributed by atoms with E-state index in [4.69, 9.17) is 9.53 Å². The maximum absolute atomic E-state index is 8.55. The largest absolute Gasteiger partial charge is 0.410 e. The third-order valence-corrected chi connectivity index (χ3v) is 1.42. The van der Waals surface area contributed by atoms with Crippen molar-refractivity contribution in [3.8, 4) is 0 Å². The van der Waals surface area contributed by atoms with Crippen LogP contribution in [0.4, 0.5) is 0 Å². The van der Waals surface area contributed by atoms with Crippen molar-refractivity contribution in [2.45, 2.75) is 13.0 Å². The highest BCUT2D eigenvalue weighted by atomic mass is 32.3. The number of rotatable bonds is 3. The van der Waals surface area contributed by atoms with E-state index in [0.29, 0.717) is 6.61 Å². The van der Waals surface area contributed by atoms with Crippen LogP contribution >= 0.6 is 12.1 Å². The van der Waals surface area contributed by atoms with Gasteiger partial charge in [0.2, 0.25) is 8.91 Å². The summed E-state index contributed by atoms with van der Waals surface area (Å²) < 4.78 is 4.85. The SMILES string of the molecule is CC(O)CO[SiH2]S. The van der Waals surface area contributed by atoms with Crippen LogP contribution in [0, 0.1) is 0 Å². The van der Waals surface area contributed by atoms with Crippen molar-refractivity contribution in [1.82, 2.24) is 0 Å². The Morgan fingerprint density at radius 1 is 2.00 bits per heavy atom. The summed E-state index contributed by atoms with van der Waals surface area (Å²) in [5.41, 5.74) is 0. The molecule has 0 aliphatic rings. The van der Waals surface area contributed by atoms with Gasteiger partial charge >= 0.3 is 0 Å². The van der Waals surface area contributed by atoms with Crippen LogP contribution < -0.4 is 0 Å². The van der Waals surface area contributed by atoms with Crippen LogP contribution in [-0.4, -0.2) is 26.7 Å². The zero-order chi connectivity index (χ0) is 5.70. The van der Waals surface area contributed by atoms with Crippen LogP contribution in [0.2, 0.25) is 0 Å². The van der Waals surface area contributed by atoms with Gasteiger partial charge in [0.25, 0.3) is 0 Å². The van der Waals surface area contributed by atoms with E-state index < -0.39 is 8.91 Å². The van der Waals surface area contributed by atoms with Gasteiger partial charge in [-0.05, 0) is 6.92 Å². The number of thiol groups is 1. The van der Waals surface area contributed by atoms with Crippen molar-refractivity contribution in [3.05, 3.63) is 0 Å². The van der Waals surface area contributed by atoms with Crippen molar-refractivity contribution in [2.75, 3.05) is 6.61 Å². The average Bonchev–Trinajstić information content (AvgIpc) is 1.61. The van der Waals surface area contributed by atoms with E-state index in [-0.39, 0.29) is 6.10 Å². The van der Waals surface area contributed by atoms with Crippen LogP contribution in [0.5, 0.6) is 0 Å². The van der Waals surface area contributed by atoms with E-state index in [0.717, 1.165) is 0 Å². The maximum Gasteiger partial charge on any atom is 0.219 e. The minimum Gasteiger partial charge on any atom is -0.410 e. The monoisotopic (exact) mass is 138 g/mol. The van der Waals surface area contributed by atoms with Crippen molar-refractivity contribution >= 4 is 21.0 Å². The molecule has 0 radical (unpaired) electrons. The molecule has 0 aromatic carbocycles. The first-order valence-corrected chi connectivity index (χ1v) is 5.24. The topological polar surface area (TPSA) is 29.5 Å². The molecule has 1 N–H and O–H groups in total. The van der Waals surface area contributed by atoms with E-state index >= 15 is 0 Å². The second kappa shape index (κ2) is 4.64. The van der Waals surface area contributed by atoms with Crippen LogP contribution in [0.15, 0.2) is 0 Å². The second-order valence-electron chi connectivity index (χ2n) is 1.35. The van der Waals surface area contributed by atoms with Gasteiger partial charge < -0.3 is 9.53 Å². The molecule has 0 aliphatic carbocycles. The lowest BCUT2D eigenvalue weighted by atomic mass is 10.5. The lowest BCUT2D eigenvalue weighted by molar-refractivity contribution is 0.128. The lowest BCUT2D eigenvalue weighted by Crippen LogP contribution is -2.10. The van der Waals surface area contributed by atoms with Crippen molar-refractivity contribution in [3.63, 3.8) is 0 Å². The van der Waals surface area contributed by atoms with Crippen molar-refractivity contribution in [2.24, 2.45) is 0 Å². The summed E-state index contributed by atoms with van der Waals surface area (Å²) in [6.07, 6.45) is -0.334. The third kappa shape index (κ3) is 6.49. The van der Waals surface area contributed by atoms with Gasteiger partial charge in [-0.15, -0.1) is 0 Å². The molecule has 0 amide bonds. The molecule has 7 heavy (non-hydrogen) atoms. The third-order valence-electron chi connectivity index (χ3n) is 0.450. The van der Waals surface area contributed by atoms with Crippen LogP contribution in [-0.2, 0) is 4.43 Å². The maximum atomic E-state index is 8.55. The van der Waals surface area contributed by atoms with Gasteiger partial charge in [0.1, 0.15) is 0 Å². The number of hydrogen-bond donors (Lipinski definition) is 2. The smallest absolute Gasteiger partial charge is 0.219 e. The van der Waals surface area contributed by atoms with E-state index in [1.807, 2.05) is 0 Å². The van der Waals surface area contributed by atoms with Gasteiger partial charge in [-0.1, -0.05) is 0 Å². The predicted octanol–water partition coefficient (Wildman–Crippen LogP) is -0.688. The van der Waals surface area contributed by atoms with Crippen LogP contribution in [0.3, 0.4) is 0 Å². The quantitative estimate of drug-likeness (QED) is 0.399. The zero-order valence-electron chi connectivity index (χ0n) is 4.29. The second-order valence-corrected chi connectivity index (χ2v) is 2.79. The number of aliphatic hydroxyl groups is 1. The molecule has 0 heterocycles. The first-order chi connectivity index (χ1) is 3.27. The Balaban J connectivity index is 2.68. The molecule has 0 aromatic rings. The molecule has 0 fully saturated rings. The Morgan fingerprint density at radius 2 is 2.57 bits per heavy atom. The highest BCUT2D eigenvalue weighted by Gasteiger charge is 1.90. The molecule has 0 saturated carbocycles. The summed E-state index contributed by atoms with van der Waals surface area (Å²) >= 11 is 3.90. The van der Waals surface area contributed by atoms with Gasteiger partial charge in [0.05, 0.1) is 12.7 Å². The van der Waals surface area contributed by atoms with E-state index in [9.17, 15) is 0 Å². The molecule has 2 nitrogen and oxygen atoms in total. The minimum atomic E-state index is -0.594. The fraction of sp³-hybridized carbons (Fsp3) is 1.00. The van der Waals surface area contributed by atoms with Crippen molar-refractivity contribution < 1.29 is 9.53 Å². The fourth-order valence-electron chi connectivity index (χ4n) is 0.223. The van der Waals surface area contributed by atoms with Gasteiger partial charge in [-0.25, -0.2) is 0 Å². The number of aliphatic hydroxyl groups excluding tert-OH is 1. The summed E-state index contributed by atoms with van der Waals surface area (Å²) in [7, 11) is -0.594. The molecule has 0 aliphatic heterocycles. The molecule has 0 bridgehead atoms. The highest BCUT2D eigenvalue weighted by Crippen LogP contribution is 1.80. The predicted molar refractivity (Wildman–Crippen MR) is 35.2 cm³/mol. The standard InChI is InChI=1S/C3H10O2SSi/c1-3(4)2-5-7-6/h3-4,6H,2,7H2,1H3. The lowest BCUT2D eigenvalue weighted by Gasteiger charge is -2.00. The van der Waals surface area contributed by atoms with Gasteiger partial charge in [0.15, 0.2) is 0 Å². The minimum absolute atomic E-state index is 0.334. The molecule has 1 unspecified atom stereocenters. The summed E-state index contributed by atoms with van der Waals surface area (Å²) in [6, 6.07) is 0. The van der Waals surface area contributed by atoms with Crippen molar-refractivity contribution in [1.29, 1.82) is 0 Å². The first kappa shape index (κ1) is 7.49. The molecular formula is C3H10O2SSi. The Bertz CT molecular complexity index is 41.9. The summed E-state index contributed by atoms with van der Waals surface area (Å²) in [5, 5.41) is 8.55. The Morgan fingerprint density at radius 3 is 2.71 bits per heavy atom. The summed E-state index contributed by atoms with van der Waals surface area (Å²) in [5.74, 6) is 0. The molecule has 0 spiro atoms. The average molecular weight is 138 g/mol. The van der Waals surface area contributed by atoms with E-state index in [1.54, 1.807) is 6.92 Å². The molecule has 0 rings (SSSR count). The highest BCUT2D eigenvalue weighted by molar-refractivity contribution is 8.06. The molecule has 44 valence electrons. The Labute approximate surface area is 50.9 Å². The zero-order valence-corrected chi connectivity index (χ0v) is 6.60. The van der Waals surface area contributed by atoms with Gasteiger partial charge in [-0.2, -0.15) is 12.1 Å². The summed E-state index contributed by atoms with van der Waals surface area (Å²) in [6.45, 7) is 2.13. The molecule has 0 saturated heterocycles. The van der Waals surface area contributed by atoms with E-state index in [2.05, 4.69) is 12.1 Å². The van der Waals surface area contributed by atoms with Crippen LogP contribution in [0.1, 0.15) is 6.92 Å². The van der Waals surface area contributed by atoms with Gasteiger partial charge in [0, 0.05) is 0 Å². The molecule has 4 heteroatoms. The fourth-order valence-corrected chi connectivity index (χ4v) is 0.986. The Kier molecular flexibility index (Phi) is 4.96. The molecular weight excluding hydrogens is 128 g/mol. The van der Waals surface area contributed by atoms with Crippen LogP contribution in [0.25, 0.3) is 0 Å². The first-order valence-electron chi connectivity index (χ1n) is 2.14. The van der Waals surface area contributed by atoms with E-state index in [1.165, 1.54) is 0 Å². The Hall–Kier alpha value is 0.487. The number of hydrogen-bond acceptors (Lipinski definition) is 3. The summed E-state index contributed by atoms with van der Waals surface area (Å²) in [4.78, 5) is 0.